The largest absolute Gasteiger partial charge is 0.377 e. The van der Waals surface area contributed by atoms with Gasteiger partial charge in [-0.3, -0.25) is 9.59 Å². The first-order valence-electron chi connectivity index (χ1n) is 8.58. The van der Waals surface area contributed by atoms with E-state index < -0.39 is 0 Å². The molecule has 2 N–H and O–H groups in total. The summed E-state index contributed by atoms with van der Waals surface area (Å²) in [5.41, 5.74) is 2.88. The monoisotopic (exact) mass is 316 g/mol. The Kier molecular flexibility index (Phi) is 3.21. The van der Waals surface area contributed by atoms with Gasteiger partial charge in [-0.05, 0) is 45.6 Å². The second-order valence-corrected chi connectivity index (χ2v) is 7.46. The topological polar surface area (TPSA) is 71.2 Å². The molecule has 0 aromatic carbocycles. The predicted molar refractivity (Wildman–Crippen MR) is 85.7 cm³/mol. The highest BCUT2D eigenvalue weighted by molar-refractivity contribution is 6.02. The van der Waals surface area contributed by atoms with Crippen molar-refractivity contribution in [3.8, 4) is 0 Å². The summed E-state index contributed by atoms with van der Waals surface area (Å²) in [5, 5.41) is 3.26. The van der Waals surface area contributed by atoms with E-state index in [1.54, 1.807) is 6.92 Å². The van der Waals surface area contributed by atoms with Crippen molar-refractivity contribution in [2.24, 2.45) is 11.3 Å². The van der Waals surface area contributed by atoms with Crippen LogP contribution in [0.4, 0.5) is 0 Å². The lowest BCUT2D eigenvalue weighted by molar-refractivity contribution is -0.172. The molecule has 0 radical (unpaired) electrons. The molecule has 1 aliphatic heterocycles. The number of carbonyl (C=O) groups is 2. The molecule has 23 heavy (non-hydrogen) atoms. The fourth-order valence-corrected chi connectivity index (χ4v) is 5.17. The standard InChI is InChI=1S/C18H24N2O3/c1-9-13(11(3)21)10(2)19-14(9)17(22)20-15-12-5-8-23-16(12)18(15)6-4-7-18/h12,15-16,19H,4-8H2,1-3H3,(H,20,22)/t12-,15-,16-/m1/s1. The Morgan fingerprint density at radius 1 is 1.30 bits per heavy atom. The number of hydrogen-bond acceptors (Lipinski definition) is 3. The van der Waals surface area contributed by atoms with Crippen LogP contribution < -0.4 is 5.32 Å². The molecule has 5 nitrogen and oxygen atoms in total. The predicted octanol–water partition coefficient (Wildman–Crippen LogP) is 2.52. The molecule has 2 aliphatic carbocycles. The van der Waals surface area contributed by atoms with E-state index in [2.05, 4.69) is 10.3 Å². The van der Waals surface area contributed by atoms with E-state index in [-0.39, 0.29) is 23.1 Å². The normalized spacial score (nSPS) is 30.5. The number of ether oxygens (including phenoxy) is 1. The molecule has 1 amide bonds. The summed E-state index contributed by atoms with van der Waals surface area (Å²) in [5.74, 6) is 0.376. The van der Waals surface area contributed by atoms with Gasteiger partial charge in [-0.1, -0.05) is 6.42 Å². The molecule has 1 aromatic heterocycles. The number of aryl methyl sites for hydroxylation is 1. The Balaban J connectivity index is 1.57. The fourth-order valence-electron chi connectivity index (χ4n) is 5.17. The van der Waals surface area contributed by atoms with Gasteiger partial charge in [-0.25, -0.2) is 0 Å². The molecule has 3 atom stereocenters. The Morgan fingerprint density at radius 3 is 2.61 bits per heavy atom. The summed E-state index contributed by atoms with van der Waals surface area (Å²) in [6.07, 6.45) is 4.93. The second kappa shape index (κ2) is 4.94. The van der Waals surface area contributed by atoms with Gasteiger partial charge in [-0.2, -0.15) is 0 Å². The highest BCUT2D eigenvalue weighted by atomic mass is 16.5. The van der Waals surface area contributed by atoms with Crippen LogP contribution in [0, 0.1) is 25.2 Å². The Hall–Kier alpha value is -1.62. The number of carbonyl (C=O) groups excluding carboxylic acids is 2. The molecule has 0 unspecified atom stereocenters. The third-order valence-corrected chi connectivity index (χ3v) is 6.34. The van der Waals surface area contributed by atoms with Crippen LogP contribution >= 0.6 is 0 Å². The van der Waals surface area contributed by atoms with Crippen molar-refractivity contribution in [2.75, 3.05) is 6.61 Å². The SMILES string of the molecule is CC(=O)c1c(C)[nH]c(C(=O)N[C@@H]2[C@H]3CCO[C@H]3C23CCC3)c1C. The van der Waals surface area contributed by atoms with Crippen molar-refractivity contribution < 1.29 is 14.3 Å². The molecule has 0 bridgehead atoms. The van der Waals surface area contributed by atoms with Crippen LogP contribution in [0.5, 0.6) is 0 Å². The number of amides is 1. The zero-order chi connectivity index (χ0) is 16.4. The fraction of sp³-hybridized carbons (Fsp3) is 0.667. The molecule has 5 heteroatoms. The van der Waals surface area contributed by atoms with Crippen molar-refractivity contribution in [3.05, 3.63) is 22.5 Å². The zero-order valence-electron chi connectivity index (χ0n) is 14.0. The summed E-state index contributed by atoms with van der Waals surface area (Å²) >= 11 is 0. The minimum Gasteiger partial charge on any atom is -0.377 e. The lowest BCUT2D eigenvalue weighted by atomic mass is 9.46. The average Bonchev–Trinajstić information content (AvgIpc) is 2.97. The van der Waals surface area contributed by atoms with Crippen LogP contribution in [0.1, 0.15) is 64.7 Å². The summed E-state index contributed by atoms with van der Waals surface area (Å²) in [6, 6.07) is 0.222. The van der Waals surface area contributed by atoms with Gasteiger partial charge in [0.15, 0.2) is 5.78 Å². The van der Waals surface area contributed by atoms with Crippen molar-refractivity contribution >= 4 is 11.7 Å². The van der Waals surface area contributed by atoms with E-state index in [4.69, 9.17) is 4.74 Å². The third-order valence-electron chi connectivity index (χ3n) is 6.34. The molecular formula is C18H24N2O3. The molecule has 1 saturated heterocycles. The van der Waals surface area contributed by atoms with E-state index in [9.17, 15) is 9.59 Å². The van der Waals surface area contributed by atoms with E-state index in [0.717, 1.165) is 37.1 Å². The second-order valence-electron chi connectivity index (χ2n) is 7.46. The minimum absolute atomic E-state index is 0.00124. The molecule has 1 spiro atoms. The molecule has 1 aromatic rings. The minimum atomic E-state index is -0.0836. The van der Waals surface area contributed by atoms with Crippen molar-refractivity contribution in [2.45, 2.75) is 58.6 Å². The maximum absolute atomic E-state index is 12.8. The number of aromatic nitrogens is 1. The van der Waals surface area contributed by atoms with Crippen LogP contribution in [-0.4, -0.2) is 35.4 Å². The quantitative estimate of drug-likeness (QED) is 0.842. The molecule has 2 heterocycles. The number of hydrogen-bond donors (Lipinski definition) is 2. The number of Topliss-reactive ketones (excluding diaryl/α,β-unsaturated/α-hetero) is 1. The van der Waals surface area contributed by atoms with Crippen molar-refractivity contribution in [1.82, 2.24) is 10.3 Å². The summed E-state index contributed by atoms with van der Waals surface area (Å²) in [6.45, 7) is 6.05. The lowest BCUT2D eigenvalue weighted by Crippen LogP contribution is -2.71. The van der Waals surface area contributed by atoms with Gasteiger partial charge >= 0.3 is 0 Å². The lowest BCUT2D eigenvalue weighted by Gasteiger charge is -2.63. The highest BCUT2D eigenvalue weighted by Gasteiger charge is 2.67. The number of nitrogens with one attached hydrogen (secondary N) is 2. The molecule has 3 aliphatic rings. The molecule has 3 fully saturated rings. The third kappa shape index (κ3) is 1.89. The van der Waals surface area contributed by atoms with Gasteiger partial charge in [0.05, 0.1) is 6.10 Å². The number of H-pyrrole nitrogens is 1. The van der Waals surface area contributed by atoms with E-state index in [1.807, 2.05) is 13.8 Å². The first-order chi connectivity index (χ1) is 11.0. The van der Waals surface area contributed by atoms with Gasteiger partial charge < -0.3 is 15.0 Å². The highest BCUT2D eigenvalue weighted by Crippen LogP contribution is 2.62. The van der Waals surface area contributed by atoms with Gasteiger partial charge in [0.2, 0.25) is 0 Å². The zero-order valence-corrected chi connectivity index (χ0v) is 14.0. The Morgan fingerprint density at radius 2 is 2.04 bits per heavy atom. The Bertz CT molecular complexity index is 687. The molecule has 2 saturated carbocycles. The maximum atomic E-state index is 12.8. The van der Waals surface area contributed by atoms with E-state index in [0.29, 0.717) is 23.3 Å². The van der Waals surface area contributed by atoms with Crippen LogP contribution in [-0.2, 0) is 4.74 Å². The average molecular weight is 316 g/mol. The van der Waals surface area contributed by atoms with Crippen molar-refractivity contribution in [1.29, 1.82) is 0 Å². The van der Waals surface area contributed by atoms with Crippen LogP contribution in [0.3, 0.4) is 0 Å². The number of rotatable bonds is 3. The molecule has 4 rings (SSSR count). The van der Waals surface area contributed by atoms with Gasteiger partial charge in [0.25, 0.3) is 5.91 Å². The van der Waals surface area contributed by atoms with Gasteiger partial charge in [-0.15, -0.1) is 0 Å². The van der Waals surface area contributed by atoms with Crippen LogP contribution in [0.2, 0.25) is 0 Å². The van der Waals surface area contributed by atoms with Crippen molar-refractivity contribution in [3.63, 3.8) is 0 Å². The number of ketones is 1. The van der Waals surface area contributed by atoms with Gasteiger partial charge in [0, 0.05) is 35.2 Å². The van der Waals surface area contributed by atoms with Crippen LogP contribution in [0.15, 0.2) is 0 Å². The number of aromatic amines is 1. The summed E-state index contributed by atoms with van der Waals surface area (Å²) in [4.78, 5) is 27.6. The van der Waals surface area contributed by atoms with E-state index in [1.165, 1.54) is 6.42 Å². The van der Waals surface area contributed by atoms with Gasteiger partial charge in [0.1, 0.15) is 5.69 Å². The number of fused-ring (bicyclic) bond motifs is 2. The first-order valence-corrected chi connectivity index (χ1v) is 8.58. The Labute approximate surface area is 136 Å². The molecule has 124 valence electrons. The molecular weight excluding hydrogens is 292 g/mol. The van der Waals surface area contributed by atoms with E-state index >= 15 is 0 Å². The smallest absolute Gasteiger partial charge is 0.268 e. The maximum Gasteiger partial charge on any atom is 0.268 e. The summed E-state index contributed by atoms with van der Waals surface area (Å²) in [7, 11) is 0. The van der Waals surface area contributed by atoms with Crippen LogP contribution in [0.25, 0.3) is 0 Å². The summed E-state index contributed by atoms with van der Waals surface area (Å²) < 4.78 is 5.90. The first kappa shape index (κ1) is 14.9.